The molecule has 0 radical (unpaired) electrons. The quantitative estimate of drug-likeness (QED) is 0.257. The van der Waals surface area contributed by atoms with Gasteiger partial charge in [-0.05, 0) is 0 Å². The zero-order valence-electron chi connectivity index (χ0n) is 7.81. The highest BCUT2D eigenvalue weighted by Crippen LogP contribution is 1.85. The average Bonchev–Trinajstić information content (AvgIpc) is 2.10. The number of hydrogen-bond donors (Lipinski definition) is 2. The number of nitrogens with one attached hydrogen (secondary N) is 1. The van der Waals surface area contributed by atoms with Crippen molar-refractivity contribution in [2.75, 3.05) is 6.61 Å². The minimum Gasteiger partial charge on any atom is -0.380 e. The van der Waals surface area contributed by atoms with Crippen molar-refractivity contribution in [3.8, 4) is 6.07 Å². The number of nitrogens with zero attached hydrogens (tertiary/aromatic N) is 2. The maximum atomic E-state index is 11.1. The third-order valence-corrected chi connectivity index (χ3v) is 1.07. The summed E-state index contributed by atoms with van der Waals surface area (Å²) < 4.78 is 0. The van der Waals surface area contributed by atoms with Crippen molar-refractivity contribution in [3.63, 3.8) is 0 Å². The van der Waals surface area contributed by atoms with Crippen molar-refractivity contribution in [1.82, 2.24) is 5.32 Å². The van der Waals surface area contributed by atoms with Gasteiger partial charge in [-0.2, -0.15) is 5.26 Å². The van der Waals surface area contributed by atoms with Crippen LogP contribution < -0.4 is 11.1 Å². The number of amides is 3. The van der Waals surface area contributed by atoms with Crippen molar-refractivity contribution in [1.29, 1.82) is 5.26 Å². The lowest BCUT2D eigenvalue weighted by molar-refractivity contribution is -0.116. The van der Waals surface area contributed by atoms with Crippen molar-refractivity contribution in [2.24, 2.45) is 10.9 Å². The average molecular weight is 212 g/mol. The molecule has 80 valence electrons. The van der Waals surface area contributed by atoms with E-state index in [1.807, 2.05) is 0 Å². The van der Waals surface area contributed by atoms with E-state index in [9.17, 15) is 14.4 Å². The number of oxime groups is 1. The molecule has 0 bridgehead atoms. The fourth-order valence-electron chi connectivity index (χ4n) is 0.562. The van der Waals surface area contributed by atoms with Crippen LogP contribution in [0.15, 0.2) is 5.16 Å². The standard InChI is InChI=1S/C7H8N4O4/c1-4(12)5(11-15-3-2-8)6(13)10-7(9)14/h3H2,1H3,(H3,9,10,13,14). The molecule has 0 aliphatic heterocycles. The number of nitrogens with two attached hydrogens (primary N) is 1. The maximum Gasteiger partial charge on any atom is 0.319 e. The van der Waals surface area contributed by atoms with Gasteiger partial charge in [-0.3, -0.25) is 14.9 Å². The highest BCUT2D eigenvalue weighted by molar-refractivity contribution is 6.65. The number of primary amides is 1. The number of Topliss-reactive ketones (excluding diaryl/α,β-unsaturated/α-hetero) is 1. The first-order valence-electron chi connectivity index (χ1n) is 3.67. The van der Waals surface area contributed by atoms with Crippen LogP contribution in [0.25, 0.3) is 0 Å². The van der Waals surface area contributed by atoms with Crippen LogP contribution in [0.4, 0.5) is 4.79 Å². The molecule has 0 saturated carbocycles. The number of carbonyl (C=O) groups excluding carboxylic acids is 3. The van der Waals surface area contributed by atoms with E-state index in [1.54, 1.807) is 11.4 Å². The second-order valence-corrected chi connectivity index (χ2v) is 2.25. The number of hydrogen-bond acceptors (Lipinski definition) is 6. The maximum absolute atomic E-state index is 11.1. The molecule has 3 amide bonds. The minimum absolute atomic E-state index is 0.416. The van der Waals surface area contributed by atoms with Gasteiger partial charge in [0.05, 0.1) is 0 Å². The summed E-state index contributed by atoms with van der Waals surface area (Å²) in [4.78, 5) is 36.5. The van der Waals surface area contributed by atoms with Crippen molar-refractivity contribution >= 4 is 23.4 Å². The molecule has 0 spiro atoms. The van der Waals surface area contributed by atoms with Gasteiger partial charge in [0.25, 0.3) is 5.91 Å². The number of urea groups is 1. The van der Waals surface area contributed by atoms with Gasteiger partial charge in [0, 0.05) is 6.92 Å². The van der Waals surface area contributed by atoms with Gasteiger partial charge < -0.3 is 10.6 Å². The smallest absolute Gasteiger partial charge is 0.319 e. The molecule has 0 aromatic heterocycles. The second-order valence-electron chi connectivity index (χ2n) is 2.25. The number of ketones is 1. The number of carbonyl (C=O) groups is 3. The van der Waals surface area contributed by atoms with E-state index >= 15 is 0 Å². The number of rotatable bonds is 4. The molecule has 3 N–H and O–H groups in total. The van der Waals surface area contributed by atoms with Gasteiger partial charge in [-0.25, -0.2) is 4.79 Å². The summed E-state index contributed by atoms with van der Waals surface area (Å²) in [6, 6.07) is 0.461. The van der Waals surface area contributed by atoms with Crippen LogP contribution in [0, 0.1) is 11.3 Å². The van der Waals surface area contributed by atoms with E-state index in [1.165, 1.54) is 0 Å². The summed E-state index contributed by atoms with van der Waals surface area (Å²) in [5, 5.41) is 12.8. The zero-order chi connectivity index (χ0) is 11.8. The van der Waals surface area contributed by atoms with Gasteiger partial charge >= 0.3 is 6.03 Å². The molecule has 0 aromatic rings. The molecule has 8 nitrogen and oxygen atoms in total. The van der Waals surface area contributed by atoms with Crippen molar-refractivity contribution < 1.29 is 19.2 Å². The Hall–Kier alpha value is -2.43. The minimum atomic E-state index is -1.12. The highest BCUT2D eigenvalue weighted by Gasteiger charge is 2.18. The van der Waals surface area contributed by atoms with Gasteiger partial charge in [0.1, 0.15) is 6.07 Å². The SMILES string of the molecule is CC(=O)C(=NOCC#N)C(=O)NC(N)=O. The molecule has 0 rings (SSSR count). The Morgan fingerprint density at radius 1 is 1.53 bits per heavy atom. The molecular formula is C7H8N4O4. The first-order valence-corrected chi connectivity index (χ1v) is 3.67. The molecule has 0 aliphatic carbocycles. The van der Waals surface area contributed by atoms with E-state index in [2.05, 4.69) is 15.7 Å². The first kappa shape index (κ1) is 12.6. The van der Waals surface area contributed by atoms with Crippen LogP contribution in [0.2, 0.25) is 0 Å². The summed E-state index contributed by atoms with van der Waals surface area (Å²) >= 11 is 0. The van der Waals surface area contributed by atoms with Crippen LogP contribution in [0.3, 0.4) is 0 Å². The Morgan fingerprint density at radius 2 is 2.13 bits per heavy atom. The predicted molar refractivity (Wildman–Crippen MR) is 47.4 cm³/mol. The third-order valence-electron chi connectivity index (χ3n) is 1.07. The Morgan fingerprint density at radius 3 is 2.53 bits per heavy atom. The Kier molecular flexibility index (Phi) is 5.10. The van der Waals surface area contributed by atoms with Gasteiger partial charge in [0.2, 0.25) is 12.3 Å². The van der Waals surface area contributed by atoms with Crippen LogP contribution in [0.5, 0.6) is 0 Å². The lowest BCUT2D eigenvalue weighted by Crippen LogP contribution is -2.41. The number of nitriles is 1. The predicted octanol–water partition coefficient (Wildman–Crippen LogP) is -1.33. The lowest BCUT2D eigenvalue weighted by Gasteiger charge is -2.00. The Balaban J connectivity index is 4.60. The van der Waals surface area contributed by atoms with Crippen molar-refractivity contribution in [3.05, 3.63) is 0 Å². The third kappa shape index (κ3) is 4.99. The fourth-order valence-corrected chi connectivity index (χ4v) is 0.562. The molecule has 0 saturated heterocycles. The summed E-state index contributed by atoms with van der Waals surface area (Å²) in [5.41, 5.74) is 4.02. The van der Waals surface area contributed by atoms with Crippen molar-refractivity contribution in [2.45, 2.75) is 6.92 Å². The summed E-state index contributed by atoms with van der Waals surface area (Å²) in [6.07, 6.45) is 0. The largest absolute Gasteiger partial charge is 0.380 e. The second kappa shape index (κ2) is 6.09. The summed E-state index contributed by atoms with van der Waals surface area (Å²) in [5.74, 6) is -1.79. The van der Waals surface area contributed by atoms with E-state index in [4.69, 9.17) is 5.26 Å². The lowest BCUT2D eigenvalue weighted by atomic mass is 10.2. The van der Waals surface area contributed by atoms with E-state index in [0.717, 1.165) is 6.92 Å². The molecule has 0 unspecified atom stereocenters. The molecule has 0 aromatic carbocycles. The molecular weight excluding hydrogens is 204 g/mol. The molecule has 0 aliphatic rings. The zero-order valence-corrected chi connectivity index (χ0v) is 7.81. The van der Waals surface area contributed by atoms with Crippen LogP contribution in [-0.2, 0) is 14.4 Å². The summed E-state index contributed by atoms with van der Waals surface area (Å²) in [7, 11) is 0. The van der Waals surface area contributed by atoms with Crippen LogP contribution >= 0.6 is 0 Å². The van der Waals surface area contributed by atoms with Crippen LogP contribution in [0.1, 0.15) is 6.92 Å². The first-order chi connectivity index (χ1) is 6.99. The Labute approximate surface area is 84.7 Å². The molecule has 8 heteroatoms. The highest BCUT2D eigenvalue weighted by atomic mass is 16.6. The van der Waals surface area contributed by atoms with Gasteiger partial charge in [-0.15, -0.1) is 0 Å². The normalized spacial score (nSPS) is 10.0. The molecule has 0 fully saturated rings. The molecule has 15 heavy (non-hydrogen) atoms. The van der Waals surface area contributed by atoms with E-state index < -0.39 is 30.0 Å². The topological polar surface area (TPSA) is 135 Å². The van der Waals surface area contributed by atoms with Gasteiger partial charge in [-0.1, -0.05) is 5.16 Å². The molecule has 0 heterocycles. The summed E-state index contributed by atoms with van der Waals surface area (Å²) in [6.45, 7) is 0.635. The van der Waals surface area contributed by atoms with E-state index in [-0.39, 0.29) is 0 Å². The van der Waals surface area contributed by atoms with Crippen LogP contribution in [-0.4, -0.2) is 30.0 Å². The van der Waals surface area contributed by atoms with Gasteiger partial charge in [0.15, 0.2) is 5.78 Å². The fraction of sp³-hybridized carbons (Fsp3) is 0.286. The Bertz CT molecular complexity index is 354. The number of imide groups is 1. The van der Waals surface area contributed by atoms with E-state index in [0.29, 0.717) is 0 Å². The monoisotopic (exact) mass is 212 g/mol. The molecule has 0 atom stereocenters.